The van der Waals surface area contributed by atoms with Crippen LogP contribution in [0, 0.1) is 0 Å². The summed E-state index contributed by atoms with van der Waals surface area (Å²) in [6.07, 6.45) is 2.37. The number of benzene rings is 1. The van der Waals surface area contributed by atoms with Crippen molar-refractivity contribution < 1.29 is 4.79 Å². The van der Waals surface area contributed by atoms with Crippen molar-refractivity contribution in [2.75, 3.05) is 5.32 Å². The van der Waals surface area contributed by atoms with Gasteiger partial charge in [0, 0.05) is 6.20 Å². The molecular weight excluding hydrogens is 224 g/mol. The fourth-order valence-electron chi connectivity index (χ4n) is 1.31. The maximum Gasteiger partial charge on any atom is 0.153 e. The van der Waals surface area contributed by atoms with E-state index in [9.17, 15) is 4.79 Å². The molecule has 0 saturated heterocycles. The zero-order valence-electron chi connectivity index (χ0n) is 8.35. The number of hydrogen-bond donors (Lipinski definition) is 1. The normalized spacial score (nSPS) is 9.81. The minimum absolute atomic E-state index is 0.502. The largest absolute Gasteiger partial charge is 0.338 e. The van der Waals surface area contributed by atoms with Gasteiger partial charge in [0.1, 0.15) is 5.82 Å². The molecule has 2 aromatic rings. The molecule has 3 nitrogen and oxygen atoms in total. The van der Waals surface area contributed by atoms with Crippen molar-refractivity contribution in [1.82, 2.24) is 4.98 Å². The summed E-state index contributed by atoms with van der Waals surface area (Å²) >= 11 is 5.99. The van der Waals surface area contributed by atoms with E-state index in [2.05, 4.69) is 10.3 Å². The molecule has 1 aromatic carbocycles. The summed E-state index contributed by atoms with van der Waals surface area (Å²) < 4.78 is 0. The van der Waals surface area contributed by atoms with Gasteiger partial charge in [-0.05, 0) is 24.3 Å². The predicted octanol–water partition coefficient (Wildman–Crippen LogP) is 3.29. The molecule has 0 aliphatic carbocycles. The summed E-state index contributed by atoms with van der Waals surface area (Å²) in [6.45, 7) is 0. The zero-order valence-corrected chi connectivity index (χ0v) is 9.11. The molecule has 0 aliphatic heterocycles. The quantitative estimate of drug-likeness (QED) is 0.826. The number of para-hydroxylation sites is 1. The van der Waals surface area contributed by atoms with Crippen molar-refractivity contribution in [2.24, 2.45) is 0 Å². The van der Waals surface area contributed by atoms with Crippen molar-refractivity contribution in [1.29, 1.82) is 0 Å². The summed E-state index contributed by atoms with van der Waals surface area (Å²) in [5.41, 5.74) is 1.23. The van der Waals surface area contributed by atoms with E-state index in [1.807, 2.05) is 18.2 Å². The van der Waals surface area contributed by atoms with E-state index in [4.69, 9.17) is 11.6 Å². The highest BCUT2D eigenvalue weighted by Crippen LogP contribution is 2.24. The number of carbonyl (C=O) groups is 1. The first-order valence-electron chi connectivity index (χ1n) is 4.73. The van der Waals surface area contributed by atoms with Gasteiger partial charge in [-0.25, -0.2) is 4.98 Å². The number of rotatable bonds is 3. The third kappa shape index (κ3) is 2.20. The zero-order chi connectivity index (χ0) is 11.4. The smallest absolute Gasteiger partial charge is 0.153 e. The van der Waals surface area contributed by atoms with E-state index in [1.165, 1.54) is 0 Å². The molecule has 1 aromatic heterocycles. The molecule has 0 atom stereocenters. The third-order valence-electron chi connectivity index (χ3n) is 2.09. The second-order valence-electron chi connectivity index (χ2n) is 3.16. The van der Waals surface area contributed by atoms with Gasteiger partial charge in [-0.15, -0.1) is 0 Å². The van der Waals surface area contributed by atoms with Crippen LogP contribution in [0.3, 0.4) is 0 Å². The topological polar surface area (TPSA) is 42.0 Å². The summed E-state index contributed by atoms with van der Waals surface area (Å²) in [5.74, 6) is 0.505. The van der Waals surface area contributed by atoms with Crippen LogP contribution in [0.25, 0.3) is 0 Å². The van der Waals surface area contributed by atoms with Crippen LogP contribution in [0.5, 0.6) is 0 Å². The molecular formula is C12H9ClN2O. The van der Waals surface area contributed by atoms with Gasteiger partial charge in [0.25, 0.3) is 0 Å². The van der Waals surface area contributed by atoms with Crippen molar-refractivity contribution >= 4 is 29.4 Å². The first kappa shape index (κ1) is 10.6. The summed E-state index contributed by atoms with van der Waals surface area (Å²) in [7, 11) is 0. The highest BCUT2D eigenvalue weighted by atomic mass is 35.5. The second kappa shape index (κ2) is 4.77. The highest BCUT2D eigenvalue weighted by Gasteiger charge is 2.04. The lowest BCUT2D eigenvalue weighted by molar-refractivity contribution is 0.112. The maximum absolute atomic E-state index is 10.8. The van der Waals surface area contributed by atoms with Gasteiger partial charge < -0.3 is 5.32 Å². The predicted molar refractivity (Wildman–Crippen MR) is 64.4 cm³/mol. The Labute approximate surface area is 98.1 Å². The number of aldehydes is 1. The van der Waals surface area contributed by atoms with Gasteiger partial charge in [0.2, 0.25) is 0 Å². The number of aromatic nitrogens is 1. The molecule has 0 fully saturated rings. The lowest BCUT2D eigenvalue weighted by Crippen LogP contribution is -1.98. The van der Waals surface area contributed by atoms with Crippen molar-refractivity contribution in [2.45, 2.75) is 0 Å². The van der Waals surface area contributed by atoms with Crippen LogP contribution in [0.1, 0.15) is 10.4 Å². The Morgan fingerprint density at radius 1 is 1.19 bits per heavy atom. The molecule has 80 valence electrons. The molecule has 0 saturated carbocycles. The maximum atomic E-state index is 10.8. The minimum atomic E-state index is 0.502. The van der Waals surface area contributed by atoms with Gasteiger partial charge in [0.15, 0.2) is 6.29 Å². The van der Waals surface area contributed by atoms with Gasteiger partial charge in [-0.2, -0.15) is 0 Å². The van der Waals surface area contributed by atoms with Crippen molar-refractivity contribution in [3.05, 3.63) is 53.2 Å². The van der Waals surface area contributed by atoms with Crippen molar-refractivity contribution in [3.63, 3.8) is 0 Å². The molecule has 1 N–H and O–H groups in total. The number of anilines is 2. The molecule has 0 unspecified atom stereocenters. The molecule has 16 heavy (non-hydrogen) atoms. The van der Waals surface area contributed by atoms with Crippen LogP contribution in [-0.4, -0.2) is 11.3 Å². The van der Waals surface area contributed by atoms with E-state index in [0.29, 0.717) is 16.4 Å². The van der Waals surface area contributed by atoms with Crippen molar-refractivity contribution in [3.8, 4) is 0 Å². The van der Waals surface area contributed by atoms with Crippen LogP contribution < -0.4 is 5.32 Å². The highest BCUT2D eigenvalue weighted by molar-refractivity contribution is 6.33. The monoisotopic (exact) mass is 232 g/mol. The Bertz CT molecular complexity index is 514. The second-order valence-corrected chi connectivity index (χ2v) is 3.57. The lowest BCUT2D eigenvalue weighted by atomic mass is 10.2. The van der Waals surface area contributed by atoms with Crippen LogP contribution in [0.2, 0.25) is 5.02 Å². The number of nitrogens with zero attached hydrogens (tertiary/aromatic N) is 1. The Morgan fingerprint density at radius 2 is 2.00 bits per heavy atom. The number of nitrogens with one attached hydrogen (secondary N) is 1. The van der Waals surface area contributed by atoms with Gasteiger partial charge in [-0.1, -0.05) is 23.7 Å². The summed E-state index contributed by atoms with van der Waals surface area (Å²) in [4.78, 5) is 14.9. The van der Waals surface area contributed by atoms with E-state index in [0.717, 1.165) is 12.0 Å². The van der Waals surface area contributed by atoms with Crippen LogP contribution in [0.15, 0.2) is 42.6 Å². The molecule has 4 heteroatoms. The van der Waals surface area contributed by atoms with Gasteiger partial charge >= 0.3 is 0 Å². The van der Waals surface area contributed by atoms with E-state index >= 15 is 0 Å². The average molecular weight is 233 g/mol. The Morgan fingerprint density at radius 3 is 2.75 bits per heavy atom. The Hall–Kier alpha value is -1.87. The number of pyridine rings is 1. The van der Waals surface area contributed by atoms with Crippen LogP contribution in [0.4, 0.5) is 11.5 Å². The third-order valence-corrected chi connectivity index (χ3v) is 2.42. The number of halogens is 1. The average Bonchev–Trinajstić information content (AvgIpc) is 2.33. The summed E-state index contributed by atoms with van der Waals surface area (Å²) in [5, 5.41) is 3.61. The van der Waals surface area contributed by atoms with E-state index in [-0.39, 0.29) is 0 Å². The molecule has 1 heterocycles. The van der Waals surface area contributed by atoms with Crippen LogP contribution >= 0.6 is 11.6 Å². The number of carbonyl (C=O) groups excluding carboxylic acids is 1. The molecule has 0 amide bonds. The minimum Gasteiger partial charge on any atom is -0.338 e. The van der Waals surface area contributed by atoms with Gasteiger partial charge in [-0.3, -0.25) is 4.79 Å². The molecule has 0 spiro atoms. The lowest BCUT2D eigenvalue weighted by Gasteiger charge is -2.08. The Kier molecular flexibility index (Phi) is 3.17. The van der Waals surface area contributed by atoms with Gasteiger partial charge in [0.05, 0.1) is 16.3 Å². The fourth-order valence-corrected chi connectivity index (χ4v) is 1.49. The first-order valence-corrected chi connectivity index (χ1v) is 5.11. The van der Waals surface area contributed by atoms with Crippen LogP contribution in [-0.2, 0) is 0 Å². The fraction of sp³-hybridized carbons (Fsp3) is 0. The number of hydrogen-bond acceptors (Lipinski definition) is 3. The van der Waals surface area contributed by atoms with E-state index < -0.39 is 0 Å². The SMILES string of the molecule is O=Cc1cccnc1Nc1ccccc1Cl. The van der Waals surface area contributed by atoms with E-state index in [1.54, 1.807) is 24.4 Å². The first-order chi connectivity index (χ1) is 7.81. The Balaban J connectivity index is 2.34. The standard InChI is InChI=1S/C12H9ClN2O/c13-10-5-1-2-6-11(10)15-12-9(8-16)4-3-7-14-12/h1-8H,(H,14,15). The molecule has 0 bridgehead atoms. The molecule has 2 rings (SSSR count). The summed E-state index contributed by atoms with van der Waals surface area (Å²) in [6, 6.07) is 10.7. The molecule has 0 radical (unpaired) electrons. The molecule has 0 aliphatic rings.